The van der Waals surface area contributed by atoms with Crippen LogP contribution in [0.15, 0.2) is 48.5 Å². The minimum absolute atomic E-state index is 0.642. The normalized spacial score (nSPS) is 10.6. The summed E-state index contributed by atoms with van der Waals surface area (Å²) >= 11 is 0. The molecule has 0 bridgehead atoms. The molecule has 5 nitrogen and oxygen atoms in total. The Labute approximate surface area is 110 Å². The van der Waals surface area contributed by atoms with Gasteiger partial charge in [0.15, 0.2) is 5.82 Å². The maximum absolute atomic E-state index is 5.98. The Hall–Kier alpha value is -2.69. The molecule has 0 aliphatic rings. The fraction of sp³-hybridized carbons (Fsp3) is 0.0714. The molecule has 19 heavy (non-hydrogen) atoms. The fourth-order valence-electron chi connectivity index (χ4n) is 1.99. The first-order chi connectivity index (χ1) is 9.25. The Morgan fingerprint density at radius 2 is 1.89 bits per heavy atom. The number of anilines is 1. The first-order valence-electron chi connectivity index (χ1n) is 5.96. The van der Waals surface area contributed by atoms with Crippen LogP contribution in [0.5, 0.6) is 0 Å². The highest BCUT2D eigenvalue weighted by atomic mass is 15.5. The molecular formula is C14H13N5. The van der Waals surface area contributed by atoms with Crippen LogP contribution in [0.3, 0.4) is 0 Å². The number of para-hydroxylation sites is 1. The first kappa shape index (κ1) is 11.4. The molecule has 0 saturated heterocycles. The summed E-state index contributed by atoms with van der Waals surface area (Å²) in [6, 6.07) is 15.6. The maximum Gasteiger partial charge on any atom is 0.189 e. The lowest BCUT2D eigenvalue weighted by Gasteiger charge is -2.07. The molecule has 1 aromatic heterocycles. The third-order valence-corrected chi connectivity index (χ3v) is 2.92. The summed E-state index contributed by atoms with van der Waals surface area (Å²) in [5, 5.41) is 11.9. The van der Waals surface area contributed by atoms with Crippen molar-refractivity contribution in [1.29, 1.82) is 0 Å². The molecule has 94 valence electrons. The van der Waals surface area contributed by atoms with Crippen molar-refractivity contribution in [1.82, 2.24) is 20.2 Å². The summed E-state index contributed by atoms with van der Waals surface area (Å²) in [6.07, 6.45) is 0. The molecule has 5 heteroatoms. The predicted molar refractivity (Wildman–Crippen MR) is 73.7 cm³/mol. The van der Waals surface area contributed by atoms with Crippen molar-refractivity contribution < 1.29 is 0 Å². The van der Waals surface area contributed by atoms with E-state index in [0.717, 1.165) is 16.8 Å². The smallest absolute Gasteiger partial charge is 0.189 e. The van der Waals surface area contributed by atoms with Crippen LogP contribution in [0.1, 0.15) is 5.56 Å². The molecule has 2 N–H and O–H groups in total. The summed E-state index contributed by atoms with van der Waals surface area (Å²) in [4.78, 5) is 0. The first-order valence-corrected chi connectivity index (χ1v) is 5.96. The van der Waals surface area contributed by atoms with Gasteiger partial charge in [-0.05, 0) is 47.2 Å². The van der Waals surface area contributed by atoms with Crippen molar-refractivity contribution in [3.05, 3.63) is 54.1 Å². The minimum Gasteiger partial charge on any atom is -0.398 e. The molecule has 0 spiro atoms. The van der Waals surface area contributed by atoms with E-state index in [0.29, 0.717) is 11.5 Å². The van der Waals surface area contributed by atoms with Crippen molar-refractivity contribution in [2.24, 2.45) is 0 Å². The quantitative estimate of drug-likeness (QED) is 0.709. The number of nitrogens with zero attached hydrogens (tertiary/aromatic N) is 4. The van der Waals surface area contributed by atoms with Crippen LogP contribution in [0.25, 0.3) is 17.1 Å². The average molecular weight is 251 g/mol. The highest BCUT2D eigenvalue weighted by Gasteiger charge is 2.12. The van der Waals surface area contributed by atoms with Crippen molar-refractivity contribution >= 4 is 5.69 Å². The van der Waals surface area contributed by atoms with E-state index in [1.54, 1.807) is 4.68 Å². The Morgan fingerprint density at radius 3 is 2.68 bits per heavy atom. The van der Waals surface area contributed by atoms with E-state index in [4.69, 9.17) is 5.73 Å². The van der Waals surface area contributed by atoms with Crippen LogP contribution >= 0.6 is 0 Å². The van der Waals surface area contributed by atoms with Crippen LogP contribution in [-0.4, -0.2) is 20.2 Å². The Morgan fingerprint density at radius 1 is 1.05 bits per heavy atom. The van der Waals surface area contributed by atoms with Gasteiger partial charge in [-0.2, -0.15) is 4.68 Å². The Balaban J connectivity index is 2.16. The van der Waals surface area contributed by atoms with Gasteiger partial charge >= 0.3 is 0 Å². The molecule has 0 aliphatic heterocycles. The zero-order chi connectivity index (χ0) is 13.2. The molecule has 0 aliphatic carbocycles. The van der Waals surface area contributed by atoms with Crippen LogP contribution in [-0.2, 0) is 0 Å². The highest BCUT2D eigenvalue weighted by molar-refractivity contribution is 5.72. The summed E-state index contributed by atoms with van der Waals surface area (Å²) in [7, 11) is 0. The van der Waals surface area contributed by atoms with Gasteiger partial charge in [0.1, 0.15) is 0 Å². The molecule has 0 saturated carbocycles. The second kappa shape index (κ2) is 4.53. The average Bonchev–Trinajstić information content (AvgIpc) is 2.88. The van der Waals surface area contributed by atoms with Crippen LogP contribution in [0.4, 0.5) is 5.69 Å². The van der Waals surface area contributed by atoms with Crippen LogP contribution < -0.4 is 5.73 Å². The molecule has 0 amide bonds. The number of benzene rings is 2. The van der Waals surface area contributed by atoms with E-state index >= 15 is 0 Å². The van der Waals surface area contributed by atoms with Crippen molar-refractivity contribution in [3.8, 4) is 17.1 Å². The van der Waals surface area contributed by atoms with Crippen molar-refractivity contribution in [2.45, 2.75) is 6.92 Å². The van der Waals surface area contributed by atoms with E-state index in [2.05, 4.69) is 15.5 Å². The van der Waals surface area contributed by atoms with Crippen molar-refractivity contribution in [3.63, 3.8) is 0 Å². The minimum atomic E-state index is 0.642. The van der Waals surface area contributed by atoms with Gasteiger partial charge < -0.3 is 5.73 Å². The second-order valence-electron chi connectivity index (χ2n) is 4.34. The largest absolute Gasteiger partial charge is 0.398 e. The van der Waals surface area contributed by atoms with Gasteiger partial charge in [-0.1, -0.05) is 24.3 Å². The number of aromatic nitrogens is 4. The standard InChI is InChI=1S/C14H13N5/c1-10-5-4-6-11(9-10)19-14(16-17-18-19)12-7-2-3-8-13(12)15/h2-9H,15H2,1H3. The van der Waals surface area contributed by atoms with Crippen LogP contribution in [0.2, 0.25) is 0 Å². The topological polar surface area (TPSA) is 69.6 Å². The highest BCUT2D eigenvalue weighted by Crippen LogP contribution is 2.24. The number of aryl methyl sites for hydroxylation is 1. The monoisotopic (exact) mass is 251 g/mol. The lowest BCUT2D eigenvalue weighted by atomic mass is 10.1. The number of rotatable bonds is 2. The van der Waals surface area contributed by atoms with Gasteiger partial charge in [0, 0.05) is 11.3 Å². The summed E-state index contributed by atoms with van der Waals surface area (Å²) < 4.78 is 1.69. The Kier molecular flexibility index (Phi) is 2.72. The number of hydrogen-bond donors (Lipinski definition) is 1. The van der Waals surface area contributed by atoms with E-state index in [1.807, 2.05) is 55.5 Å². The maximum atomic E-state index is 5.98. The Bertz CT molecular complexity index is 717. The third kappa shape index (κ3) is 2.06. The van der Waals surface area contributed by atoms with E-state index in [9.17, 15) is 0 Å². The molecule has 1 heterocycles. The van der Waals surface area contributed by atoms with Crippen LogP contribution in [0, 0.1) is 6.92 Å². The van der Waals surface area contributed by atoms with E-state index < -0.39 is 0 Å². The lowest BCUT2D eigenvalue weighted by molar-refractivity contribution is 0.790. The van der Waals surface area contributed by atoms with Gasteiger partial charge in [-0.25, -0.2) is 0 Å². The third-order valence-electron chi connectivity index (χ3n) is 2.92. The van der Waals surface area contributed by atoms with Gasteiger partial charge in [-0.15, -0.1) is 5.10 Å². The van der Waals surface area contributed by atoms with Gasteiger partial charge in [0.25, 0.3) is 0 Å². The summed E-state index contributed by atoms with van der Waals surface area (Å²) in [5.74, 6) is 0.642. The number of tetrazole rings is 1. The predicted octanol–water partition coefficient (Wildman–Crippen LogP) is 2.22. The van der Waals surface area contributed by atoms with Gasteiger partial charge in [-0.3, -0.25) is 0 Å². The lowest BCUT2D eigenvalue weighted by Crippen LogP contribution is -2.01. The molecule has 0 atom stereocenters. The zero-order valence-electron chi connectivity index (χ0n) is 10.5. The molecule has 3 aromatic rings. The second-order valence-corrected chi connectivity index (χ2v) is 4.34. The van der Waals surface area contributed by atoms with Gasteiger partial charge in [0.05, 0.1) is 5.69 Å². The molecular weight excluding hydrogens is 238 g/mol. The number of nitrogen functional groups attached to an aromatic ring is 1. The molecule has 3 rings (SSSR count). The molecule has 2 aromatic carbocycles. The summed E-state index contributed by atoms with van der Waals surface area (Å²) in [6.45, 7) is 2.03. The van der Waals surface area contributed by atoms with E-state index in [-0.39, 0.29) is 0 Å². The number of nitrogens with two attached hydrogens (primary N) is 1. The van der Waals surface area contributed by atoms with Gasteiger partial charge in [0.2, 0.25) is 0 Å². The molecule has 0 unspecified atom stereocenters. The summed E-state index contributed by atoms with van der Waals surface area (Å²) in [5.41, 5.74) is 9.54. The molecule has 0 fully saturated rings. The van der Waals surface area contributed by atoms with E-state index in [1.165, 1.54) is 0 Å². The number of hydrogen-bond acceptors (Lipinski definition) is 4. The van der Waals surface area contributed by atoms with Crippen molar-refractivity contribution in [2.75, 3.05) is 5.73 Å². The SMILES string of the molecule is Cc1cccc(-n2nnnc2-c2ccccc2N)c1. The fourth-order valence-corrected chi connectivity index (χ4v) is 1.99. The zero-order valence-corrected chi connectivity index (χ0v) is 10.5. The molecule has 0 radical (unpaired) electrons.